The van der Waals surface area contributed by atoms with Crippen LogP contribution in [0.1, 0.15) is 36.4 Å². The number of fused-ring (bicyclic) bond motifs is 1. The summed E-state index contributed by atoms with van der Waals surface area (Å²) < 4.78 is 5.91. The van der Waals surface area contributed by atoms with Gasteiger partial charge >= 0.3 is 0 Å². The number of benzene rings is 1. The molecule has 0 spiro atoms. The minimum absolute atomic E-state index is 0.275. The molecule has 1 aromatic rings. The molecule has 21 heavy (non-hydrogen) atoms. The Hall–Kier alpha value is -1.10. The Kier molecular flexibility index (Phi) is 4.20. The minimum atomic E-state index is -0.591. The molecule has 0 amide bonds. The molecule has 2 heterocycles. The predicted octanol–water partition coefficient (Wildman–Crippen LogP) is 1.86. The van der Waals surface area contributed by atoms with Gasteiger partial charge in [0.05, 0.1) is 12.2 Å². The maximum absolute atomic E-state index is 10.6. The van der Waals surface area contributed by atoms with Gasteiger partial charge in [0, 0.05) is 31.2 Å². The highest BCUT2D eigenvalue weighted by Gasteiger charge is 2.35. The van der Waals surface area contributed by atoms with Crippen LogP contribution in [-0.2, 0) is 0 Å². The predicted molar refractivity (Wildman–Crippen MR) is 83.7 cm³/mol. The summed E-state index contributed by atoms with van der Waals surface area (Å²) in [5.74, 6) is 1.03. The summed E-state index contributed by atoms with van der Waals surface area (Å²) in [4.78, 5) is 2.19. The van der Waals surface area contributed by atoms with E-state index in [1.807, 2.05) is 0 Å². The van der Waals surface area contributed by atoms with Gasteiger partial charge in [-0.3, -0.25) is 0 Å². The number of likely N-dealkylation sites (N-methyl/N-ethyl adjacent to an activating group) is 1. The average molecular weight is 290 g/mol. The van der Waals surface area contributed by atoms with Crippen LogP contribution in [0.4, 0.5) is 0 Å². The molecule has 2 atom stereocenters. The van der Waals surface area contributed by atoms with Gasteiger partial charge in [-0.1, -0.05) is 18.2 Å². The summed E-state index contributed by atoms with van der Waals surface area (Å²) >= 11 is 0. The molecule has 2 unspecified atom stereocenters. The number of hydrogen-bond donors (Lipinski definition) is 2. The van der Waals surface area contributed by atoms with Crippen molar-refractivity contribution in [1.82, 2.24) is 10.2 Å². The quantitative estimate of drug-likeness (QED) is 0.892. The number of para-hydroxylation sites is 1. The Morgan fingerprint density at radius 1 is 1.48 bits per heavy atom. The van der Waals surface area contributed by atoms with Gasteiger partial charge in [0.2, 0.25) is 0 Å². The first-order valence-corrected chi connectivity index (χ1v) is 7.94. The number of rotatable bonds is 3. The third-order valence-electron chi connectivity index (χ3n) is 4.70. The SMILES string of the molecule is Cc1cccc2c1OCCCC2NCC1(O)CCN(C)C1. The first-order chi connectivity index (χ1) is 10.1. The molecule has 0 aliphatic carbocycles. The van der Waals surface area contributed by atoms with Crippen molar-refractivity contribution in [1.29, 1.82) is 0 Å². The number of nitrogens with zero attached hydrogens (tertiary/aromatic N) is 1. The average Bonchev–Trinajstić information content (AvgIpc) is 2.68. The van der Waals surface area contributed by atoms with Crippen molar-refractivity contribution in [3.8, 4) is 5.75 Å². The molecular weight excluding hydrogens is 264 g/mol. The summed E-state index contributed by atoms with van der Waals surface area (Å²) in [5, 5.41) is 14.2. The van der Waals surface area contributed by atoms with Gasteiger partial charge in [0.25, 0.3) is 0 Å². The Bertz CT molecular complexity index is 506. The van der Waals surface area contributed by atoms with Gasteiger partial charge in [-0.05, 0) is 38.8 Å². The Morgan fingerprint density at radius 3 is 3.10 bits per heavy atom. The van der Waals surface area contributed by atoms with E-state index >= 15 is 0 Å². The van der Waals surface area contributed by atoms with Gasteiger partial charge in [-0.15, -0.1) is 0 Å². The normalized spacial score (nSPS) is 29.8. The largest absolute Gasteiger partial charge is 0.493 e. The second-order valence-corrected chi connectivity index (χ2v) is 6.63. The molecule has 2 aliphatic rings. The lowest BCUT2D eigenvalue weighted by atomic mass is 9.97. The highest BCUT2D eigenvalue weighted by atomic mass is 16.5. The molecule has 2 N–H and O–H groups in total. The summed E-state index contributed by atoms with van der Waals surface area (Å²) in [5.41, 5.74) is 1.84. The number of likely N-dealkylation sites (tertiary alicyclic amines) is 1. The molecule has 1 aromatic carbocycles. The molecule has 2 aliphatic heterocycles. The van der Waals surface area contributed by atoms with Gasteiger partial charge in [-0.25, -0.2) is 0 Å². The molecular formula is C17H26N2O2. The molecule has 4 heteroatoms. The van der Waals surface area contributed by atoms with E-state index in [1.54, 1.807) is 0 Å². The Morgan fingerprint density at radius 2 is 2.33 bits per heavy atom. The molecule has 0 radical (unpaired) electrons. The van der Waals surface area contributed by atoms with Crippen molar-refractivity contribution in [2.24, 2.45) is 0 Å². The molecule has 3 rings (SSSR count). The fourth-order valence-electron chi connectivity index (χ4n) is 3.49. The monoisotopic (exact) mass is 290 g/mol. The van der Waals surface area contributed by atoms with Gasteiger partial charge in [0.1, 0.15) is 5.75 Å². The Balaban J connectivity index is 1.73. The number of ether oxygens (including phenoxy) is 1. The first kappa shape index (κ1) is 14.8. The smallest absolute Gasteiger partial charge is 0.126 e. The van der Waals surface area contributed by atoms with Crippen LogP contribution >= 0.6 is 0 Å². The number of nitrogens with one attached hydrogen (secondary N) is 1. The van der Waals surface area contributed by atoms with Crippen LogP contribution in [-0.4, -0.2) is 48.9 Å². The van der Waals surface area contributed by atoms with Crippen molar-refractivity contribution < 1.29 is 9.84 Å². The zero-order valence-electron chi connectivity index (χ0n) is 13.1. The summed E-state index contributed by atoms with van der Waals surface area (Å²) in [6.07, 6.45) is 2.95. The topological polar surface area (TPSA) is 44.7 Å². The minimum Gasteiger partial charge on any atom is -0.493 e. The second kappa shape index (κ2) is 5.95. The second-order valence-electron chi connectivity index (χ2n) is 6.63. The number of hydrogen-bond acceptors (Lipinski definition) is 4. The zero-order chi connectivity index (χ0) is 14.9. The van der Waals surface area contributed by atoms with Crippen LogP contribution in [0.25, 0.3) is 0 Å². The van der Waals surface area contributed by atoms with Crippen molar-refractivity contribution in [3.63, 3.8) is 0 Å². The lowest BCUT2D eigenvalue weighted by Crippen LogP contribution is -2.43. The van der Waals surface area contributed by atoms with Crippen molar-refractivity contribution in [2.45, 2.75) is 37.8 Å². The van der Waals surface area contributed by atoms with E-state index in [2.05, 4.69) is 42.4 Å². The van der Waals surface area contributed by atoms with E-state index < -0.39 is 5.60 Å². The first-order valence-electron chi connectivity index (χ1n) is 7.94. The van der Waals surface area contributed by atoms with E-state index in [0.29, 0.717) is 6.54 Å². The van der Waals surface area contributed by atoms with Crippen LogP contribution < -0.4 is 10.1 Å². The molecule has 0 aromatic heterocycles. The molecule has 0 bridgehead atoms. The summed E-state index contributed by atoms with van der Waals surface area (Å²) in [6, 6.07) is 6.61. The van der Waals surface area contributed by atoms with Crippen molar-refractivity contribution >= 4 is 0 Å². The van der Waals surface area contributed by atoms with E-state index in [-0.39, 0.29) is 6.04 Å². The molecule has 4 nitrogen and oxygen atoms in total. The van der Waals surface area contributed by atoms with Crippen LogP contribution in [0.15, 0.2) is 18.2 Å². The van der Waals surface area contributed by atoms with Crippen molar-refractivity contribution in [3.05, 3.63) is 29.3 Å². The maximum Gasteiger partial charge on any atom is 0.126 e. The number of β-amino-alcohol motifs (C(OH)–C–C–N with tert-alkyl or cyclic N) is 1. The standard InChI is InChI=1S/C17H26N2O2/c1-13-5-3-6-14-15(7-4-10-21-16(13)14)18-11-17(20)8-9-19(2)12-17/h3,5-6,15,18,20H,4,7-12H2,1-2H3. The fraction of sp³-hybridized carbons (Fsp3) is 0.647. The van der Waals surface area contributed by atoms with Gasteiger partial charge in [-0.2, -0.15) is 0 Å². The van der Waals surface area contributed by atoms with E-state index in [0.717, 1.165) is 44.7 Å². The molecule has 116 valence electrons. The van der Waals surface area contributed by atoms with E-state index in [4.69, 9.17) is 4.74 Å². The molecule has 0 saturated carbocycles. The summed E-state index contributed by atoms with van der Waals surface area (Å²) in [7, 11) is 2.07. The maximum atomic E-state index is 10.6. The van der Waals surface area contributed by atoms with Crippen LogP contribution in [0.5, 0.6) is 5.75 Å². The Labute approximate surface area is 127 Å². The number of aryl methyl sites for hydroxylation is 1. The third kappa shape index (κ3) is 3.23. The van der Waals surface area contributed by atoms with Gasteiger partial charge in [0.15, 0.2) is 0 Å². The van der Waals surface area contributed by atoms with E-state index in [9.17, 15) is 5.11 Å². The lowest BCUT2D eigenvalue weighted by Gasteiger charge is -2.27. The number of aliphatic hydroxyl groups is 1. The summed E-state index contributed by atoms with van der Waals surface area (Å²) in [6.45, 7) is 5.25. The molecule has 1 saturated heterocycles. The molecule has 1 fully saturated rings. The highest BCUT2D eigenvalue weighted by Crippen LogP contribution is 2.34. The van der Waals surface area contributed by atoms with Crippen LogP contribution in [0.2, 0.25) is 0 Å². The van der Waals surface area contributed by atoms with Gasteiger partial charge < -0.3 is 20.1 Å². The third-order valence-corrected chi connectivity index (χ3v) is 4.70. The van der Waals surface area contributed by atoms with Crippen LogP contribution in [0, 0.1) is 6.92 Å². The van der Waals surface area contributed by atoms with Crippen LogP contribution in [0.3, 0.4) is 0 Å². The van der Waals surface area contributed by atoms with Crippen molar-refractivity contribution in [2.75, 3.05) is 33.3 Å². The van der Waals surface area contributed by atoms with E-state index in [1.165, 1.54) is 11.1 Å². The lowest BCUT2D eigenvalue weighted by molar-refractivity contribution is 0.0486. The zero-order valence-corrected chi connectivity index (χ0v) is 13.1. The fourth-order valence-corrected chi connectivity index (χ4v) is 3.49. The highest BCUT2D eigenvalue weighted by molar-refractivity contribution is 5.43.